The Morgan fingerprint density at radius 2 is 1.65 bits per heavy atom. The third-order valence-corrected chi connectivity index (χ3v) is 5.15. The number of aliphatic imine (C=N–C) groups is 1. The van der Waals surface area contributed by atoms with E-state index in [1.807, 2.05) is 78.9 Å². The highest BCUT2D eigenvalue weighted by Gasteiger charge is 2.21. The van der Waals surface area contributed by atoms with Crippen molar-refractivity contribution < 1.29 is 9.59 Å². The second kappa shape index (κ2) is 10.5. The number of nitrogens with zero attached hydrogens (tertiary/aromatic N) is 2. The summed E-state index contributed by atoms with van der Waals surface area (Å²) in [6.45, 7) is 0.190. The molecule has 6 heteroatoms. The molecule has 1 aliphatic rings. The molecular formula is C25H22BrN3O2. The zero-order valence-electron chi connectivity index (χ0n) is 17.0. The largest absolute Gasteiger partial charge is 0.366 e. The molecule has 0 aliphatic carbocycles. The van der Waals surface area contributed by atoms with E-state index in [4.69, 9.17) is 5.73 Å². The average molecular weight is 476 g/mol. The number of hydrogen-bond acceptors (Lipinski definition) is 3. The van der Waals surface area contributed by atoms with Gasteiger partial charge in [0.25, 0.3) is 0 Å². The van der Waals surface area contributed by atoms with E-state index >= 15 is 0 Å². The minimum atomic E-state index is -0.432. The van der Waals surface area contributed by atoms with Crippen molar-refractivity contribution in [1.29, 1.82) is 0 Å². The molecule has 0 aromatic heterocycles. The fourth-order valence-corrected chi connectivity index (χ4v) is 3.30. The second-order valence-corrected chi connectivity index (χ2v) is 7.70. The smallest absolute Gasteiger partial charge is 0.248 e. The highest BCUT2D eigenvalue weighted by molar-refractivity contribution is 9.10. The molecule has 31 heavy (non-hydrogen) atoms. The van der Waals surface area contributed by atoms with Crippen molar-refractivity contribution >= 4 is 45.2 Å². The van der Waals surface area contributed by atoms with E-state index in [1.54, 1.807) is 18.0 Å². The third kappa shape index (κ3) is 5.99. The number of rotatable bonds is 3. The molecule has 3 aromatic carbocycles. The van der Waals surface area contributed by atoms with Gasteiger partial charge in [0.2, 0.25) is 11.8 Å². The fourth-order valence-electron chi connectivity index (χ4n) is 3.03. The van der Waals surface area contributed by atoms with Gasteiger partial charge in [-0.1, -0.05) is 76.6 Å². The monoisotopic (exact) mass is 475 g/mol. The molecule has 3 aromatic rings. The summed E-state index contributed by atoms with van der Waals surface area (Å²) < 4.78 is 1.01. The van der Waals surface area contributed by atoms with E-state index in [-0.39, 0.29) is 12.5 Å². The van der Waals surface area contributed by atoms with Crippen LogP contribution >= 0.6 is 15.9 Å². The van der Waals surface area contributed by atoms with Gasteiger partial charge in [0.05, 0.1) is 11.4 Å². The predicted octanol–water partition coefficient (Wildman–Crippen LogP) is 4.45. The van der Waals surface area contributed by atoms with Gasteiger partial charge in [0.1, 0.15) is 6.54 Å². The van der Waals surface area contributed by atoms with Crippen molar-refractivity contribution in [1.82, 2.24) is 0 Å². The summed E-state index contributed by atoms with van der Waals surface area (Å²) in [6, 6.07) is 25.5. The highest BCUT2D eigenvalue weighted by atomic mass is 79.9. The first-order chi connectivity index (χ1) is 15.0. The van der Waals surface area contributed by atoms with Gasteiger partial charge in [0, 0.05) is 28.7 Å². The maximum Gasteiger partial charge on any atom is 0.248 e. The topological polar surface area (TPSA) is 75.8 Å². The lowest BCUT2D eigenvalue weighted by molar-refractivity contribution is -0.117. The van der Waals surface area contributed by atoms with E-state index < -0.39 is 5.91 Å². The van der Waals surface area contributed by atoms with Gasteiger partial charge in [-0.05, 0) is 29.8 Å². The van der Waals surface area contributed by atoms with Crippen LogP contribution in [0.5, 0.6) is 0 Å². The van der Waals surface area contributed by atoms with Crippen molar-refractivity contribution in [3.05, 3.63) is 106 Å². The van der Waals surface area contributed by atoms with E-state index in [0.717, 1.165) is 32.6 Å². The van der Waals surface area contributed by atoms with Crippen LogP contribution < -0.4 is 10.6 Å². The van der Waals surface area contributed by atoms with Crippen LogP contribution in [0, 0.1) is 0 Å². The van der Waals surface area contributed by atoms with Crippen LogP contribution in [0.2, 0.25) is 0 Å². The molecule has 2 amide bonds. The number of carbonyl (C=O) groups excluding carboxylic acids is 2. The maximum atomic E-state index is 12.0. The first kappa shape index (κ1) is 22.2. The Morgan fingerprint density at radius 3 is 2.32 bits per heavy atom. The number of carbonyl (C=O) groups is 2. The maximum absolute atomic E-state index is 12.0. The Balaban J connectivity index is 0.000000196. The number of para-hydroxylation sites is 1. The molecule has 0 fully saturated rings. The SMILES string of the molecule is CN1C(=O)CN=C(c2ccccc2)c2ccccc21.NC(=O)/C=C/c1ccc(Br)cc1. The Kier molecular flexibility index (Phi) is 7.51. The van der Waals surface area contributed by atoms with Crippen LogP contribution in [0.1, 0.15) is 16.7 Å². The number of anilines is 1. The fraction of sp³-hybridized carbons (Fsp3) is 0.0800. The van der Waals surface area contributed by atoms with Crippen LogP contribution in [0.4, 0.5) is 5.69 Å². The zero-order valence-corrected chi connectivity index (χ0v) is 18.6. The normalized spacial score (nSPS) is 13.0. The summed E-state index contributed by atoms with van der Waals surface area (Å²) in [5.41, 5.74) is 9.73. The van der Waals surface area contributed by atoms with Crippen molar-refractivity contribution in [2.45, 2.75) is 0 Å². The Bertz CT molecular complexity index is 1120. The molecule has 156 valence electrons. The Hall–Kier alpha value is -3.51. The van der Waals surface area contributed by atoms with Gasteiger partial charge in [-0.25, -0.2) is 0 Å². The molecular weight excluding hydrogens is 454 g/mol. The highest BCUT2D eigenvalue weighted by Crippen LogP contribution is 2.25. The van der Waals surface area contributed by atoms with Crippen LogP contribution in [0.3, 0.4) is 0 Å². The van der Waals surface area contributed by atoms with Crippen LogP contribution in [0.25, 0.3) is 6.08 Å². The second-order valence-electron chi connectivity index (χ2n) is 6.79. The molecule has 4 rings (SSSR count). The molecule has 5 nitrogen and oxygen atoms in total. The summed E-state index contributed by atoms with van der Waals surface area (Å²) in [7, 11) is 1.80. The number of primary amides is 1. The van der Waals surface area contributed by atoms with Gasteiger partial charge in [0.15, 0.2) is 0 Å². The van der Waals surface area contributed by atoms with Gasteiger partial charge in [-0.15, -0.1) is 0 Å². The number of hydrogen-bond donors (Lipinski definition) is 1. The summed E-state index contributed by atoms with van der Waals surface area (Å²) in [5.74, 6) is -0.420. The number of benzene rings is 3. The third-order valence-electron chi connectivity index (χ3n) is 4.62. The Morgan fingerprint density at radius 1 is 1.00 bits per heavy atom. The van der Waals surface area contributed by atoms with E-state index in [2.05, 4.69) is 20.9 Å². The predicted molar refractivity (Wildman–Crippen MR) is 129 cm³/mol. The average Bonchev–Trinajstić information content (AvgIpc) is 2.91. The van der Waals surface area contributed by atoms with Crippen molar-refractivity contribution in [3.63, 3.8) is 0 Å². The molecule has 1 heterocycles. The number of halogens is 1. The minimum Gasteiger partial charge on any atom is -0.366 e. The molecule has 0 radical (unpaired) electrons. The van der Waals surface area contributed by atoms with Gasteiger partial charge >= 0.3 is 0 Å². The summed E-state index contributed by atoms with van der Waals surface area (Å²) in [5, 5.41) is 0. The lowest BCUT2D eigenvalue weighted by Gasteiger charge is -2.17. The molecule has 0 atom stereocenters. The molecule has 0 saturated heterocycles. The zero-order chi connectivity index (χ0) is 22.2. The summed E-state index contributed by atoms with van der Waals surface area (Å²) in [4.78, 5) is 28.5. The standard InChI is InChI=1S/C16H14N2O.C9H8BrNO/c1-18-14-10-6-5-9-13(14)16(17-11-15(18)19)12-7-3-2-4-8-12;10-8-4-1-7(2-5-8)3-6-9(11)12/h2-10H,11H2,1H3;1-6H,(H2,11,12)/b;6-3+. The Labute approximate surface area is 190 Å². The molecule has 0 spiro atoms. The van der Waals surface area contributed by atoms with E-state index in [1.165, 1.54) is 6.08 Å². The lowest BCUT2D eigenvalue weighted by Crippen LogP contribution is -2.27. The minimum absolute atomic E-state index is 0.0124. The number of likely N-dealkylation sites (N-methyl/N-ethyl adjacent to an activating group) is 1. The van der Waals surface area contributed by atoms with Crippen LogP contribution in [0.15, 0.2) is 94.4 Å². The molecule has 0 saturated carbocycles. The summed E-state index contributed by atoms with van der Waals surface area (Å²) in [6.07, 6.45) is 3.01. The quantitative estimate of drug-likeness (QED) is 0.568. The van der Waals surface area contributed by atoms with Crippen LogP contribution in [-0.2, 0) is 9.59 Å². The van der Waals surface area contributed by atoms with E-state index in [9.17, 15) is 9.59 Å². The van der Waals surface area contributed by atoms with Crippen molar-refractivity contribution in [2.75, 3.05) is 18.5 Å². The van der Waals surface area contributed by atoms with Crippen molar-refractivity contribution in [3.8, 4) is 0 Å². The van der Waals surface area contributed by atoms with Gasteiger partial charge < -0.3 is 10.6 Å². The van der Waals surface area contributed by atoms with E-state index in [0.29, 0.717) is 0 Å². The number of nitrogens with two attached hydrogens (primary N) is 1. The number of fused-ring (bicyclic) bond motifs is 1. The molecule has 2 N–H and O–H groups in total. The number of amides is 2. The van der Waals surface area contributed by atoms with Gasteiger partial charge in [-0.3, -0.25) is 14.6 Å². The molecule has 0 unspecified atom stereocenters. The van der Waals surface area contributed by atoms with Crippen LogP contribution in [-0.4, -0.2) is 31.1 Å². The number of benzodiazepines with no additional fused rings is 1. The summed E-state index contributed by atoms with van der Waals surface area (Å²) >= 11 is 3.31. The molecule has 0 bridgehead atoms. The lowest BCUT2D eigenvalue weighted by atomic mass is 10.0. The van der Waals surface area contributed by atoms with Crippen molar-refractivity contribution in [2.24, 2.45) is 10.7 Å². The molecule has 1 aliphatic heterocycles. The van der Waals surface area contributed by atoms with Gasteiger partial charge in [-0.2, -0.15) is 0 Å². The first-order valence-electron chi connectivity index (χ1n) is 9.64. The first-order valence-corrected chi connectivity index (χ1v) is 10.4.